The van der Waals surface area contributed by atoms with Gasteiger partial charge in [0.1, 0.15) is 11.7 Å². The summed E-state index contributed by atoms with van der Waals surface area (Å²) in [6.45, 7) is 0. The van der Waals surface area contributed by atoms with Crippen molar-refractivity contribution < 1.29 is 4.39 Å². The molecule has 0 radical (unpaired) electrons. The van der Waals surface area contributed by atoms with Gasteiger partial charge in [-0.05, 0) is 18.2 Å². The Morgan fingerprint density at radius 2 is 2.12 bits per heavy atom. The van der Waals surface area contributed by atoms with Crippen molar-refractivity contribution in [3.05, 3.63) is 47.9 Å². The van der Waals surface area contributed by atoms with Gasteiger partial charge in [-0.1, -0.05) is 12.1 Å². The number of fused-ring (bicyclic) bond motifs is 1. The molecule has 0 amide bonds. The van der Waals surface area contributed by atoms with Crippen LogP contribution < -0.4 is 5.32 Å². The van der Waals surface area contributed by atoms with Crippen LogP contribution in [0, 0.1) is 5.82 Å². The van der Waals surface area contributed by atoms with E-state index in [1.54, 1.807) is 30.6 Å². The van der Waals surface area contributed by atoms with E-state index in [4.69, 9.17) is 0 Å². The van der Waals surface area contributed by atoms with Gasteiger partial charge >= 0.3 is 0 Å². The maximum Gasteiger partial charge on any atom is 0.134 e. The molecule has 0 saturated heterocycles. The molecular formula is C12H10FN3. The van der Waals surface area contributed by atoms with Gasteiger partial charge < -0.3 is 5.32 Å². The number of aliphatic imine (C=N–C) groups is 2. The number of benzene rings is 1. The molecule has 0 spiro atoms. The molecule has 1 aromatic carbocycles. The van der Waals surface area contributed by atoms with E-state index in [0.717, 1.165) is 0 Å². The van der Waals surface area contributed by atoms with E-state index in [1.165, 1.54) is 6.07 Å². The minimum absolute atomic E-state index is 0.0344. The minimum Gasteiger partial charge on any atom is -0.360 e. The second kappa shape index (κ2) is 3.56. The molecule has 1 N–H and O–H groups in total. The Kier molecular flexibility index (Phi) is 2.06. The molecule has 3 nitrogen and oxygen atoms in total. The first-order valence-electron chi connectivity index (χ1n) is 5.14. The SMILES string of the molecule is Fc1ccccc1C1=NC2C=CN=CC2N1. The third-order valence-corrected chi connectivity index (χ3v) is 2.69. The summed E-state index contributed by atoms with van der Waals surface area (Å²) in [7, 11) is 0. The molecule has 2 unspecified atom stereocenters. The third kappa shape index (κ3) is 1.43. The first-order valence-corrected chi connectivity index (χ1v) is 5.14. The van der Waals surface area contributed by atoms with Gasteiger partial charge in [-0.15, -0.1) is 0 Å². The quantitative estimate of drug-likeness (QED) is 0.757. The fourth-order valence-corrected chi connectivity index (χ4v) is 1.88. The lowest BCUT2D eigenvalue weighted by Crippen LogP contribution is -2.36. The first kappa shape index (κ1) is 9.27. The van der Waals surface area contributed by atoms with E-state index in [1.807, 2.05) is 6.08 Å². The van der Waals surface area contributed by atoms with E-state index in [2.05, 4.69) is 15.3 Å². The summed E-state index contributed by atoms with van der Waals surface area (Å²) in [5, 5.41) is 3.16. The zero-order chi connectivity index (χ0) is 11.0. The summed E-state index contributed by atoms with van der Waals surface area (Å²) in [4.78, 5) is 8.46. The molecule has 4 heteroatoms. The summed E-state index contributed by atoms with van der Waals surface area (Å²) in [6.07, 6.45) is 5.42. The number of rotatable bonds is 1. The number of halogens is 1. The summed E-state index contributed by atoms with van der Waals surface area (Å²) in [5.41, 5.74) is 0.513. The van der Waals surface area contributed by atoms with Crippen LogP contribution in [0.3, 0.4) is 0 Å². The molecule has 80 valence electrons. The highest BCUT2D eigenvalue weighted by molar-refractivity contribution is 6.02. The molecule has 1 aromatic rings. The van der Waals surface area contributed by atoms with Crippen LogP contribution in [-0.4, -0.2) is 24.1 Å². The summed E-state index contributed by atoms with van der Waals surface area (Å²) < 4.78 is 13.5. The summed E-state index contributed by atoms with van der Waals surface area (Å²) in [5.74, 6) is 0.347. The topological polar surface area (TPSA) is 36.8 Å². The molecule has 0 saturated carbocycles. The predicted octanol–water partition coefficient (Wildman–Crippen LogP) is 1.51. The molecule has 0 fully saturated rings. The minimum atomic E-state index is -0.256. The molecule has 2 atom stereocenters. The molecule has 2 aliphatic heterocycles. The lowest BCUT2D eigenvalue weighted by molar-refractivity contribution is 0.624. The number of nitrogens with zero attached hydrogens (tertiary/aromatic N) is 2. The van der Waals surface area contributed by atoms with Crippen LogP contribution in [0.15, 0.2) is 46.5 Å². The standard InChI is InChI=1S/C12H10FN3/c13-9-4-2-1-3-8(9)12-15-10-5-6-14-7-11(10)16-12/h1-7,10-11H,(H,15,16). The van der Waals surface area contributed by atoms with Crippen molar-refractivity contribution in [3.8, 4) is 0 Å². The van der Waals surface area contributed by atoms with Gasteiger partial charge in [-0.25, -0.2) is 4.39 Å². The zero-order valence-electron chi connectivity index (χ0n) is 8.47. The third-order valence-electron chi connectivity index (χ3n) is 2.69. The number of hydrogen-bond donors (Lipinski definition) is 1. The van der Waals surface area contributed by atoms with Crippen LogP contribution >= 0.6 is 0 Å². The Labute approximate surface area is 92.4 Å². The van der Waals surface area contributed by atoms with Gasteiger partial charge in [0.05, 0.1) is 17.6 Å². The van der Waals surface area contributed by atoms with Crippen LogP contribution in [0.2, 0.25) is 0 Å². The molecule has 0 aromatic heterocycles. The fourth-order valence-electron chi connectivity index (χ4n) is 1.88. The van der Waals surface area contributed by atoms with Crippen LogP contribution in [-0.2, 0) is 0 Å². The van der Waals surface area contributed by atoms with Gasteiger partial charge in [-0.2, -0.15) is 0 Å². The number of hydrogen-bond acceptors (Lipinski definition) is 3. The smallest absolute Gasteiger partial charge is 0.134 e. The van der Waals surface area contributed by atoms with Gasteiger partial charge in [0.15, 0.2) is 0 Å². The van der Waals surface area contributed by atoms with Gasteiger partial charge in [0.2, 0.25) is 0 Å². The molecule has 0 aliphatic carbocycles. The number of nitrogens with one attached hydrogen (secondary N) is 1. The van der Waals surface area contributed by atoms with Crippen LogP contribution in [0.5, 0.6) is 0 Å². The van der Waals surface area contributed by atoms with Crippen molar-refractivity contribution >= 4 is 12.1 Å². The molecule has 16 heavy (non-hydrogen) atoms. The maximum absolute atomic E-state index is 13.5. The van der Waals surface area contributed by atoms with Crippen LogP contribution in [0.1, 0.15) is 5.56 Å². The average molecular weight is 215 g/mol. The lowest BCUT2D eigenvalue weighted by atomic mass is 10.1. The summed E-state index contributed by atoms with van der Waals surface area (Å²) >= 11 is 0. The first-order chi connectivity index (χ1) is 7.84. The highest BCUT2D eigenvalue weighted by atomic mass is 19.1. The Balaban J connectivity index is 1.96. The normalized spacial score (nSPS) is 26.2. The number of amidine groups is 1. The van der Waals surface area contributed by atoms with E-state index >= 15 is 0 Å². The zero-order valence-corrected chi connectivity index (χ0v) is 8.47. The van der Waals surface area contributed by atoms with Crippen molar-refractivity contribution in [2.45, 2.75) is 12.1 Å². The van der Waals surface area contributed by atoms with Gasteiger partial charge in [0.25, 0.3) is 0 Å². The van der Waals surface area contributed by atoms with Gasteiger partial charge in [0, 0.05) is 12.4 Å². The molecule has 2 heterocycles. The van der Waals surface area contributed by atoms with Crippen molar-refractivity contribution in [2.75, 3.05) is 0 Å². The fraction of sp³-hybridized carbons (Fsp3) is 0.167. The maximum atomic E-state index is 13.5. The van der Waals surface area contributed by atoms with E-state index in [0.29, 0.717) is 11.4 Å². The van der Waals surface area contributed by atoms with Crippen molar-refractivity contribution in [2.24, 2.45) is 9.98 Å². The Morgan fingerprint density at radius 1 is 1.25 bits per heavy atom. The highest BCUT2D eigenvalue weighted by Gasteiger charge is 2.28. The highest BCUT2D eigenvalue weighted by Crippen LogP contribution is 2.16. The van der Waals surface area contributed by atoms with Crippen molar-refractivity contribution in [1.29, 1.82) is 0 Å². The molecule has 2 aliphatic rings. The van der Waals surface area contributed by atoms with E-state index < -0.39 is 0 Å². The van der Waals surface area contributed by atoms with Crippen LogP contribution in [0.4, 0.5) is 4.39 Å². The Hall–Kier alpha value is -1.97. The monoisotopic (exact) mass is 215 g/mol. The molecule has 0 bridgehead atoms. The second-order valence-corrected chi connectivity index (χ2v) is 3.76. The second-order valence-electron chi connectivity index (χ2n) is 3.76. The molecular weight excluding hydrogens is 205 g/mol. The van der Waals surface area contributed by atoms with E-state index in [-0.39, 0.29) is 17.9 Å². The predicted molar refractivity (Wildman–Crippen MR) is 61.3 cm³/mol. The van der Waals surface area contributed by atoms with Crippen molar-refractivity contribution in [1.82, 2.24) is 5.32 Å². The molecule has 3 rings (SSSR count). The largest absolute Gasteiger partial charge is 0.360 e. The van der Waals surface area contributed by atoms with Gasteiger partial charge in [-0.3, -0.25) is 9.98 Å². The Bertz CT molecular complexity index is 505. The summed E-state index contributed by atoms with van der Waals surface area (Å²) in [6, 6.07) is 6.72. The van der Waals surface area contributed by atoms with Crippen LogP contribution in [0.25, 0.3) is 0 Å². The lowest BCUT2D eigenvalue weighted by Gasteiger charge is -2.12. The average Bonchev–Trinajstić information content (AvgIpc) is 2.73. The van der Waals surface area contributed by atoms with E-state index in [9.17, 15) is 4.39 Å². The Morgan fingerprint density at radius 3 is 2.94 bits per heavy atom. The van der Waals surface area contributed by atoms with Crippen molar-refractivity contribution in [3.63, 3.8) is 0 Å².